The van der Waals surface area contributed by atoms with Crippen LogP contribution in [0.2, 0.25) is 0 Å². The molecule has 0 aliphatic carbocycles. The van der Waals surface area contributed by atoms with Gasteiger partial charge >= 0.3 is 11.9 Å². The fraction of sp³-hybridized carbons (Fsp3) is 0.0769. The van der Waals surface area contributed by atoms with Crippen LogP contribution >= 0.6 is 0 Å². The summed E-state index contributed by atoms with van der Waals surface area (Å²) in [5, 5.41) is 26.6. The third-order valence-corrected chi connectivity index (χ3v) is 2.62. The highest BCUT2D eigenvalue weighted by molar-refractivity contribution is 5.98. The molecule has 1 aromatic carbocycles. The summed E-state index contributed by atoms with van der Waals surface area (Å²) in [7, 11) is 0. The average molecular weight is 289 g/mol. The number of amides is 1. The maximum Gasteiger partial charge on any atom is 0.335 e. The Labute approximate surface area is 118 Å². The molecule has 1 aromatic heterocycles. The molecule has 0 radical (unpaired) electrons. The summed E-state index contributed by atoms with van der Waals surface area (Å²) >= 11 is 0. The molecule has 21 heavy (non-hydrogen) atoms. The van der Waals surface area contributed by atoms with Gasteiger partial charge in [0.1, 0.15) is 0 Å². The Bertz CT molecular complexity index is 662. The van der Waals surface area contributed by atoms with Crippen molar-refractivity contribution in [1.82, 2.24) is 10.2 Å². The molecule has 0 saturated carbocycles. The zero-order valence-corrected chi connectivity index (χ0v) is 10.7. The first kappa shape index (κ1) is 14.3. The van der Waals surface area contributed by atoms with Crippen molar-refractivity contribution in [1.29, 1.82) is 0 Å². The van der Waals surface area contributed by atoms with Crippen LogP contribution in [0, 0.1) is 0 Å². The number of aromatic carboxylic acids is 2. The fourth-order valence-electron chi connectivity index (χ4n) is 1.71. The summed E-state index contributed by atoms with van der Waals surface area (Å²) in [5.74, 6) is -2.97. The van der Waals surface area contributed by atoms with Crippen molar-refractivity contribution in [2.45, 2.75) is 6.42 Å². The van der Waals surface area contributed by atoms with Crippen LogP contribution in [-0.4, -0.2) is 38.3 Å². The first-order chi connectivity index (χ1) is 9.95. The average Bonchev–Trinajstić information content (AvgIpc) is 2.90. The number of hydrogen-bond donors (Lipinski definition) is 4. The Morgan fingerprint density at radius 3 is 2.19 bits per heavy atom. The number of hydrogen-bond acceptors (Lipinski definition) is 4. The number of nitrogens with zero attached hydrogens (tertiary/aromatic N) is 1. The minimum atomic E-state index is -1.28. The Kier molecular flexibility index (Phi) is 3.98. The van der Waals surface area contributed by atoms with Gasteiger partial charge in [-0.3, -0.25) is 9.89 Å². The molecule has 2 rings (SSSR count). The van der Waals surface area contributed by atoms with Crippen LogP contribution < -0.4 is 5.32 Å². The first-order valence-electron chi connectivity index (χ1n) is 5.85. The van der Waals surface area contributed by atoms with Crippen LogP contribution in [0.25, 0.3) is 0 Å². The first-order valence-corrected chi connectivity index (χ1v) is 5.85. The highest BCUT2D eigenvalue weighted by atomic mass is 16.4. The maximum absolute atomic E-state index is 11.8. The molecule has 0 atom stereocenters. The molecular formula is C13H11N3O5. The van der Waals surface area contributed by atoms with Gasteiger partial charge in [-0.25, -0.2) is 9.59 Å². The third-order valence-electron chi connectivity index (χ3n) is 2.62. The summed E-state index contributed by atoms with van der Waals surface area (Å²) in [4.78, 5) is 33.7. The normalized spacial score (nSPS) is 10.1. The minimum Gasteiger partial charge on any atom is -0.478 e. The molecule has 8 nitrogen and oxygen atoms in total. The number of carboxylic acid groups (broad SMARTS) is 2. The van der Waals surface area contributed by atoms with Crippen LogP contribution in [0.1, 0.15) is 26.4 Å². The van der Waals surface area contributed by atoms with Gasteiger partial charge in [-0.2, -0.15) is 5.10 Å². The number of rotatable bonds is 5. The van der Waals surface area contributed by atoms with Crippen LogP contribution in [-0.2, 0) is 11.2 Å². The number of carboxylic acids is 2. The summed E-state index contributed by atoms with van der Waals surface area (Å²) < 4.78 is 0. The monoisotopic (exact) mass is 289 g/mol. The van der Waals surface area contributed by atoms with Crippen LogP contribution in [0.3, 0.4) is 0 Å². The van der Waals surface area contributed by atoms with Crippen molar-refractivity contribution in [3.63, 3.8) is 0 Å². The van der Waals surface area contributed by atoms with Gasteiger partial charge in [-0.05, 0) is 24.3 Å². The second-order valence-electron chi connectivity index (χ2n) is 4.22. The highest BCUT2D eigenvalue weighted by Gasteiger charge is 2.13. The highest BCUT2D eigenvalue weighted by Crippen LogP contribution is 2.16. The van der Waals surface area contributed by atoms with Crippen molar-refractivity contribution in [3.8, 4) is 0 Å². The minimum absolute atomic E-state index is 0.0136. The quantitative estimate of drug-likeness (QED) is 0.648. The van der Waals surface area contributed by atoms with Gasteiger partial charge in [0.2, 0.25) is 5.91 Å². The fourth-order valence-corrected chi connectivity index (χ4v) is 1.71. The molecule has 108 valence electrons. The predicted octanol–water partition coefficient (Wildman–Crippen LogP) is 0.987. The Balaban J connectivity index is 2.20. The lowest BCUT2D eigenvalue weighted by molar-refractivity contribution is -0.115. The third kappa shape index (κ3) is 3.66. The molecule has 0 saturated heterocycles. The molecule has 0 bridgehead atoms. The molecule has 0 aliphatic heterocycles. The lowest BCUT2D eigenvalue weighted by Gasteiger charge is -2.07. The molecule has 0 fully saturated rings. The molecule has 0 unspecified atom stereocenters. The van der Waals surface area contributed by atoms with Crippen molar-refractivity contribution < 1.29 is 24.6 Å². The number of carbonyl (C=O) groups is 3. The van der Waals surface area contributed by atoms with Gasteiger partial charge in [0, 0.05) is 17.6 Å². The molecular weight excluding hydrogens is 278 g/mol. The number of nitrogens with one attached hydrogen (secondary N) is 2. The lowest BCUT2D eigenvalue weighted by atomic mass is 10.1. The van der Waals surface area contributed by atoms with E-state index < -0.39 is 17.8 Å². The molecule has 1 amide bonds. The van der Waals surface area contributed by atoms with E-state index in [1.54, 1.807) is 6.07 Å². The van der Waals surface area contributed by atoms with Crippen molar-refractivity contribution in [2.24, 2.45) is 0 Å². The molecule has 0 aliphatic rings. The zero-order chi connectivity index (χ0) is 15.4. The van der Waals surface area contributed by atoms with E-state index in [0.717, 1.165) is 6.07 Å². The second-order valence-corrected chi connectivity index (χ2v) is 4.22. The smallest absolute Gasteiger partial charge is 0.335 e. The van der Waals surface area contributed by atoms with Crippen LogP contribution in [0.15, 0.2) is 30.5 Å². The lowest BCUT2D eigenvalue weighted by Crippen LogP contribution is -2.16. The van der Waals surface area contributed by atoms with E-state index in [0.29, 0.717) is 5.69 Å². The summed E-state index contributed by atoms with van der Waals surface area (Å²) in [6, 6.07) is 5.03. The zero-order valence-electron chi connectivity index (χ0n) is 10.7. The number of anilines is 1. The van der Waals surface area contributed by atoms with Gasteiger partial charge in [-0.1, -0.05) is 0 Å². The number of carbonyl (C=O) groups excluding carboxylic acids is 1. The van der Waals surface area contributed by atoms with E-state index in [-0.39, 0.29) is 23.2 Å². The van der Waals surface area contributed by atoms with Gasteiger partial charge < -0.3 is 15.5 Å². The van der Waals surface area contributed by atoms with Gasteiger partial charge in [-0.15, -0.1) is 0 Å². The summed E-state index contributed by atoms with van der Waals surface area (Å²) in [6.07, 6.45) is 1.51. The van der Waals surface area contributed by atoms with E-state index in [4.69, 9.17) is 10.2 Å². The Hall–Kier alpha value is -3.16. The molecule has 1 heterocycles. The van der Waals surface area contributed by atoms with Gasteiger partial charge in [0.25, 0.3) is 0 Å². The van der Waals surface area contributed by atoms with E-state index in [1.165, 1.54) is 18.3 Å². The van der Waals surface area contributed by atoms with Gasteiger partial charge in [0.15, 0.2) is 0 Å². The standard InChI is InChI=1S/C13H11N3O5/c17-11(6-9-1-2-14-16-9)15-10-4-7(12(18)19)3-8(5-10)13(20)21/h1-5H,6H2,(H,14,16)(H,15,17)(H,18,19)(H,20,21). The van der Waals surface area contributed by atoms with Crippen molar-refractivity contribution >= 4 is 23.5 Å². The van der Waals surface area contributed by atoms with Crippen molar-refractivity contribution in [3.05, 3.63) is 47.3 Å². The molecule has 0 spiro atoms. The summed E-state index contributed by atoms with van der Waals surface area (Å²) in [6.45, 7) is 0. The van der Waals surface area contributed by atoms with E-state index in [1.807, 2.05) is 0 Å². The van der Waals surface area contributed by atoms with Crippen LogP contribution in [0.5, 0.6) is 0 Å². The molecule has 4 N–H and O–H groups in total. The number of aromatic amines is 1. The van der Waals surface area contributed by atoms with E-state index in [9.17, 15) is 14.4 Å². The van der Waals surface area contributed by atoms with Gasteiger partial charge in [0.05, 0.1) is 17.5 Å². The van der Waals surface area contributed by atoms with Crippen LogP contribution in [0.4, 0.5) is 5.69 Å². The second kappa shape index (κ2) is 5.87. The number of H-pyrrole nitrogens is 1. The maximum atomic E-state index is 11.8. The Morgan fingerprint density at radius 1 is 1.10 bits per heavy atom. The topological polar surface area (TPSA) is 132 Å². The van der Waals surface area contributed by atoms with Crippen molar-refractivity contribution in [2.75, 3.05) is 5.32 Å². The largest absolute Gasteiger partial charge is 0.478 e. The number of aromatic nitrogens is 2. The SMILES string of the molecule is O=C(Cc1ccn[nH]1)Nc1cc(C(=O)O)cc(C(=O)O)c1. The number of benzene rings is 1. The summed E-state index contributed by atoms with van der Waals surface area (Å²) in [5.41, 5.74) is 0.260. The Morgan fingerprint density at radius 2 is 1.71 bits per heavy atom. The molecule has 8 heteroatoms. The molecule has 2 aromatic rings. The van der Waals surface area contributed by atoms with E-state index >= 15 is 0 Å². The predicted molar refractivity (Wildman–Crippen MR) is 71.3 cm³/mol. The van der Waals surface area contributed by atoms with E-state index in [2.05, 4.69) is 15.5 Å².